The van der Waals surface area contributed by atoms with E-state index in [1.165, 1.54) is 26.9 Å². The number of benzene rings is 16. The molecule has 16 aromatic carbocycles. The second-order valence-electron chi connectivity index (χ2n) is 25.3. The SMILES string of the molecule is c1ccc(-c2cccc(-c3nc(-c4cccc(-c5ccc(-c6ccc(-c7nc(-c8ccc9c(ccc%10ccccc%109)c8)nc(-c8cccc9oc%10c(ccc%11ccc%12ccccc%12c%11%10)c89)n7)cc6)cc5)c4)nc(-c4cccc5oc6cc7ccc8ccccc8c7cc6c45)n3)c2)cc1. The lowest BCUT2D eigenvalue weighted by molar-refractivity contribution is 0.669. The molecule has 0 amide bonds. The van der Waals surface area contributed by atoms with E-state index in [1.807, 2.05) is 30.3 Å². The molecule has 20 aromatic rings. The van der Waals surface area contributed by atoms with Crippen molar-refractivity contribution < 1.29 is 8.83 Å². The average molecular weight is 1250 g/mol. The Kier molecular flexibility index (Phi) is 12.5. The molecule has 0 aliphatic carbocycles. The molecule has 0 spiro atoms. The normalized spacial score (nSPS) is 11.9. The van der Waals surface area contributed by atoms with E-state index in [9.17, 15) is 0 Å². The Morgan fingerprint density at radius 1 is 0.173 bits per heavy atom. The lowest BCUT2D eigenvalue weighted by Gasteiger charge is -2.12. The van der Waals surface area contributed by atoms with E-state index < -0.39 is 0 Å². The van der Waals surface area contributed by atoms with Crippen LogP contribution in [0.1, 0.15) is 0 Å². The van der Waals surface area contributed by atoms with Gasteiger partial charge in [-0.25, -0.2) is 29.9 Å². The van der Waals surface area contributed by atoms with Gasteiger partial charge in [0.05, 0.1) is 0 Å². The van der Waals surface area contributed by atoms with Gasteiger partial charge in [0.15, 0.2) is 34.9 Å². The topological polar surface area (TPSA) is 104 Å². The summed E-state index contributed by atoms with van der Waals surface area (Å²) in [5.41, 5.74) is 14.8. The summed E-state index contributed by atoms with van der Waals surface area (Å²) in [4.78, 5) is 31.9. The van der Waals surface area contributed by atoms with Gasteiger partial charge in [-0.2, -0.15) is 0 Å². The summed E-state index contributed by atoms with van der Waals surface area (Å²) >= 11 is 0. The van der Waals surface area contributed by atoms with Gasteiger partial charge >= 0.3 is 0 Å². The summed E-state index contributed by atoms with van der Waals surface area (Å²) in [5, 5.41) is 17.8. The Bertz CT molecular complexity index is 6680. The maximum Gasteiger partial charge on any atom is 0.164 e. The van der Waals surface area contributed by atoms with Crippen molar-refractivity contribution in [2.24, 2.45) is 0 Å². The minimum atomic E-state index is 0.556. The maximum absolute atomic E-state index is 6.86. The zero-order valence-corrected chi connectivity index (χ0v) is 52.5. The highest BCUT2D eigenvalue weighted by Gasteiger charge is 2.23. The highest BCUT2D eigenvalue weighted by atomic mass is 16.3. The number of aromatic nitrogens is 6. The lowest BCUT2D eigenvalue weighted by Crippen LogP contribution is -2.00. The molecule has 0 atom stereocenters. The Morgan fingerprint density at radius 2 is 0.561 bits per heavy atom. The van der Waals surface area contributed by atoms with Crippen molar-refractivity contribution in [3.05, 3.63) is 315 Å². The predicted octanol–water partition coefficient (Wildman–Crippen LogP) is 23.8. The van der Waals surface area contributed by atoms with Gasteiger partial charge in [0, 0.05) is 60.3 Å². The fourth-order valence-electron chi connectivity index (χ4n) is 14.7. The lowest BCUT2D eigenvalue weighted by atomic mass is 9.98. The molecular weight excluding hydrogens is 1200 g/mol. The van der Waals surface area contributed by atoms with E-state index in [1.54, 1.807) is 0 Å². The van der Waals surface area contributed by atoms with Crippen LogP contribution in [0, 0.1) is 0 Å². The zero-order chi connectivity index (χ0) is 64.4. The van der Waals surface area contributed by atoms with Gasteiger partial charge in [0.25, 0.3) is 0 Å². The molecule has 98 heavy (non-hydrogen) atoms. The smallest absolute Gasteiger partial charge is 0.164 e. The van der Waals surface area contributed by atoms with E-state index in [2.05, 4.69) is 285 Å². The number of rotatable bonds is 9. The van der Waals surface area contributed by atoms with Crippen molar-refractivity contribution in [3.63, 3.8) is 0 Å². The van der Waals surface area contributed by atoms with Crippen LogP contribution in [-0.2, 0) is 0 Å². The van der Waals surface area contributed by atoms with Crippen LogP contribution < -0.4 is 0 Å². The van der Waals surface area contributed by atoms with Gasteiger partial charge in [-0.1, -0.05) is 267 Å². The number of hydrogen-bond acceptors (Lipinski definition) is 8. The van der Waals surface area contributed by atoms with Gasteiger partial charge < -0.3 is 8.83 Å². The molecule has 8 nitrogen and oxygen atoms in total. The fraction of sp³-hybridized carbons (Fsp3) is 0. The van der Waals surface area contributed by atoms with Crippen LogP contribution in [0.4, 0.5) is 0 Å². The number of furan rings is 2. The van der Waals surface area contributed by atoms with E-state index in [0.29, 0.717) is 34.9 Å². The van der Waals surface area contributed by atoms with E-state index >= 15 is 0 Å². The third-order valence-corrected chi connectivity index (χ3v) is 19.5. The molecule has 0 unspecified atom stereocenters. The van der Waals surface area contributed by atoms with Crippen LogP contribution in [0.15, 0.2) is 324 Å². The van der Waals surface area contributed by atoms with Gasteiger partial charge in [0.1, 0.15) is 22.3 Å². The maximum atomic E-state index is 6.86. The Balaban J connectivity index is 0.662. The minimum Gasteiger partial charge on any atom is -0.456 e. The first-order valence-electron chi connectivity index (χ1n) is 33.0. The zero-order valence-electron chi connectivity index (χ0n) is 52.5. The first-order chi connectivity index (χ1) is 48.5. The largest absolute Gasteiger partial charge is 0.456 e. The van der Waals surface area contributed by atoms with Crippen LogP contribution in [0.25, 0.3) is 210 Å². The average Bonchev–Trinajstić information content (AvgIpc) is 1.52. The molecular formula is C90H52N6O2. The third-order valence-electron chi connectivity index (χ3n) is 19.5. The minimum absolute atomic E-state index is 0.556. The van der Waals surface area contributed by atoms with Crippen molar-refractivity contribution in [1.82, 2.24) is 29.9 Å². The van der Waals surface area contributed by atoms with Gasteiger partial charge in [-0.3, -0.25) is 0 Å². The molecule has 0 aliphatic heterocycles. The van der Waals surface area contributed by atoms with Crippen molar-refractivity contribution in [2.75, 3.05) is 0 Å². The Hall–Kier alpha value is -13.3. The molecule has 0 N–H and O–H groups in total. The van der Waals surface area contributed by atoms with E-state index in [4.69, 9.17) is 38.7 Å². The Labute approximate surface area is 561 Å². The van der Waals surface area contributed by atoms with Crippen LogP contribution in [-0.4, -0.2) is 29.9 Å². The van der Waals surface area contributed by atoms with E-state index in [0.717, 1.165) is 148 Å². The second-order valence-corrected chi connectivity index (χ2v) is 25.3. The summed E-state index contributed by atoms with van der Waals surface area (Å²) in [6.45, 7) is 0. The highest BCUT2D eigenvalue weighted by molar-refractivity contribution is 6.25. The molecule has 0 fully saturated rings. The summed E-state index contributed by atoms with van der Waals surface area (Å²) in [6, 6.07) is 111. The summed E-state index contributed by atoms with van der Waals surface area (Å²) in [7, 11) is 0. The van der Waals surface area contributed by atoms with Gasteiger partial charge in [-0.15, -0.1) is 0 Å². The fourth-order valence-corrected chi connectivity index (χ4v) is 14.7. The van der Waals surface area contributed by atoms with E-state index in [-0.39, 0.29) is 0 Å². The summed E-state index contributed by atoms with van der Waals surface area (Å²) in [5.74, 6) is 3.41. The van der Waals surface area contributed by atoms with Crippen LogP contribution >= 0.6 is 0 Å². The van der Waals surface area contributed by atoms with Crippen LogP contribution in [0.2, 0.25) is 0 Å². The number of hydrogen-bond donors (Lipinski definition) is 0. The molecule has 0 saturated heterocycles. The molecule has 4 heterocycles. The highest BCUT2D eigenvalue weighted by Crippen LogP contribution is 2.44. The molecule has 0 radical (unpaired) electrons. The van der Waals surface area contributed by atoms with Crippen LogP contribution in [0.5, 0.6) is 0 Å². The van der Waals surface area contributed by atoms with Gasteiger partial charge in [0.2, 0.25) is 0 Å². The van der Waals surface area contributed by atoms with Crippen molar-refractivity contribution in [2.45, 2.75) is 0 Å². The molecule has 4 aromatic heterocycles. The molecule has 0 saturated carbocycles. The molecule has 0 bridgehead atoms. The molecule has 8 heteroatoms. The monoisotopic (exact) mass is 1250 g/mol. The van der Waals surface area contributed by atoms with Crippen molar-refractivity contribution >= 4 is 109 Å². The quantitative estimate of drug-likeness (QED) is 0.132. The molecule has 0 aliphatic rings. The van der Waals surface area contributed by atoms with Crippen LogP contribution in [0.3, 0.4) is 0 Å². The summed E-state index contributed by atoms with van der Waals surface area (Å²) in [6.07, 6.45) is 0. The third kappa shape index (κ3) is 9.22. The second kappa shape index (κ2) is 22.2. The Morgan fingerprint density at radius 3 is 1.18 bits per heavy atom. The van der Waals surface area contributed by atoms with Crippen molar-refractivity contribution in [1.29, 1.82) is 0 Å². The standard InChI is InChI=1S/C90H52N6O2/c1-2-14-53(15-3-1)62-19-10-21-66(48-62)86-92-87(95-90(94-86)75-27-12-28-78-83(75)77-52-76-65(51-80(77)97-78)43-38-58-17-5-8-24-70(58)76)67-22-11-20-63(49-67)56-32-30-54(31-33-56)55-34-40-61(41-35-55)85-91-88(68-45-46-71-64(50-68)42-37-57-16-4-7-23-69(57)71)96-89(93-85)74-26-13-29-79-82(74)73-47-44-60-39-36-59-18-6-9-25-72(59)81(60)84(73)98-79/h1-52H. The molecule has 20 rings (SSSR count). The first-order valence-corrected chi connectivity index (χ1v) is 33.0. The van der Waals surface area contributed by atoms with Crippen molar-refractivity contribution in [3.8, 4) is 102 Å². The first kappa shape index (κ1) is 55.2. The molecule has 454 valence electrons. The number of nitrogens with zero attached hydrogens (tertiary/aromatic N) is 6. The summed E-state index contributed by atoms with van der Waals surface area (Å²) < 4.78 is 13.5. The predicted molar refractivity (Wildman–Crippen MR) is 402 cm³/mol. The van der Waals surface area contributed by atoms with Gasteiger partial charge in [-0.05, 0) is 141 Å². The number of fused-ring (bicyclic) bond motifs is 16.